The Labute approximate surface area is 98.0 Å². The Kier molecular flexibility index (Phi) is 4.57. The van der Waals surface area contributed by atoms with Gasteiger partial charge >= 0.3 is 5.97 Å². The van der Waals surface area contributed by atoms with Crippen molar-refractivity contribution in [3.05, 3.63) is 34.9 Å². The Morgan fingerprint density at radius 1 is 1.47 bits per heavy atom. The van der Waals surface area contributed by atoms with E-state index in [4.69, 9.17) is 9.84 Å². The molecule has 17 heavy (non-hydrogen) atoms. The minimum atomic E-state index is -1.08. The van der Waals surface area contributed by atoms with Crippen LogP contribution in [0.25, 0.3) is 0 Å². The summed E-state index contributed by atoms with van der Waals surface area (Å²) in [6.07, 6.45) is -0.176. The highest BCUT2D eigenvalue weighted by molar-refractivity contribution is 5.69. The van der Waals surface area contributed by atoms with Crippen LogP contribution in [0.2, 0.25) is 0 Å². The first-order valence-electron chi connectivity index (χ1n) is 5.14. The predicted molar refractivity (Wildman–Crippen MR) is 57.6 cm³/mol. The number of carboxylic acids is 1. The Morgan fingerprint density at radius 3 is 2.65 bits per heavy atom. The molecule has 0 aliphatic carbocycles. The minimum Gasteiger partial charge on any atom is -0.481 e. The van der Waals surface area contributed by atoms with Gasteiger partial charge in [-0.2, -0.15) is 0 Å². The summed E-state index contributed by atoms with van der Waals surface area (Å²) < 4.78 is 32.0. The maximum Gasteiger partial charge on any atom is 0.306 e. The van der Waals surface area contributed by atoms with E-state index < -0.39 is 23.5 Å². The first kappa shape index (κ1) is 13.6. The number of carbonyl (C=O) groups is 1. The lowest BCUT2D eigenvalue weighted by Gasteiger charge is -2.11. The Morgan fingerprint density at radius 2 is 2.12 bits per heavy atom. The molecule has 0 bridgehead atoms. The number of carboxylic acid groups (broad SMARTS) is 1. The number of hydrogen-bond donors (Lipinski definition) is 1. The first-order chi connectivity index (χ1) is 7.97. The molecule has 0 saturated carbocycles. The van der Waals surface area contributed by atoms with Crippen LogP contribution in [-0.2, 0) is 22.6 Å². The number of methoxy groups -OCH3 is 1. The van der Waals surface area contributed by atoms with Gasteiger partial charge in [-0.05, 0) is 12.5 Å². The fourth-order valence-electron chi connectivity index (χ4n) is 1.49. The standard InChI is InChI=1S/C12H14F2O3/c1-7(12(15)16)5-9-10(13)4-3-8(6-17-2)11(9)14/h3-4,7H,5-6H2,1-2H3,(H,15,16). The molecule has 1 rings (SSSR count). The van der Waals surface area contributed by atoms with Crippen molar-refractivity contribution in [2.45, 2.75) is 20.0 Å². The number of halogens is 2. The lowest BCUT2D eigenvalue weighted by atomic mass is 9.98. The van der Waals surface area contributed by atoms with Crippen LogP contribution in [0, 0.1) is 17.6 Å². The summed E-state index contributed by atoms with van der Waals surface area (Å²) in [5.41, 5.74) is 0.0240. The quantitative estimate of drug-likeness (QED) is 0.865. The molecular weight excluding hydrogens is 230 g/mol. The monoisotopic (exact) mass is 244 g/mol. The van der Waals surface area contributed by atoms with Crippen LogP contribution < -0.4 is 0 Å². The van der Waals surface area contributed by atoms with Crippen molar-refractivity contribution in [3.8, 4) is 0 Å². The summed E-state index contributed by atoms with van der Waals surface area (Å²) >= 11 is 0. The van der Waals surface area contributed by atoms with E-state index in [1.54, 1.807) is 0 Å². The fraction of sp³-hybridized carbons (Fsp3) is 0.417. The second-order valence-corrected chi connectivity index (χ2v) is 3.88. The molecule has 1 unspecified atom stereocenters. The van der Waals surface area contributed by atoms with Crippen LogP contribution >= 0.6 is 0 Å². The first-order valence-corrected chi connectivity index (χ1v) is 5.14. The largest absolute Gasteiger partial charge is 0.481 e. The van der Waals surface area contributed by atoms with Gasteiger partial charge in [-0.25, -0.2) is 8.78 Å². The van der Waals surface area contributed by atoms with Gasteiger partial charge in [-0.15, -0.1) is 0 Å². The molecule has 1 aromatic carbocycles. The van der Waals surface area contributed by atoms with Gasteiger partial charge in [-0.1, -0.05) is 13.0 Å². The smallest absolute Gasteiger partial charge is 0.306 e. The summed E-state index contributed by atoms with van der Waals surface area (Å²) in [6, 6.07) is 2.42. The van der Waals surface area contributed by atoms with Gasteiger partial charge in [0.2, 0.25) is 0 Å². The summed E-state index contributed by atoms with van der Waals surface area (Å²) in [6.45, 7) is 1.44. The van der Waals surface area contributed by atoms with Crippen molar-refractivity contribution in [1.82, 2.24) is 0 Å². The summed E-state index contributed by atoms with van der Waals surface area (Å²) in [5.74, 6) is -3.37. The molecule has 0 aromatic heterocycles. The maximum absolute atomic E-state index is 13.8. The lowest BCUT2D eigenvalue weighted by Crippen LogP contribution is -2.15. The molecule has 1 aromatic rings. The molecule has 5 heteroatoms. The summed E-state index contributed by atoms with van der Waals surface area (Å²) in [7, 11) is 1.41. The zero-order chi connectivity index (χ0) is 13.0. The number of hydrogen-bond acceptors (Lipinski definition) is 2. The second-order valence-electron chi connectivity index (χ2n) is 3.88. The van der Waals surface area contributed by atoms with Crippen molar-refractivity contribution >= 4 is 5.97 Å². The average molecular weight is 244 g/mol. The van der Waals surface area contributed by atoms with E-state index in [2.05, 4.69) is 0 Å². The second kappa shape index (κ2) is 5.72. The van der Waals surface area contributed by atoms with E-state index in [1.807, 2.05) is 0 Å². The molecular formula is C12H14F2O3. The van der Waals surface area contributed by atoms with Crippen LogP contribution in [0.1, 0.15) is 18.1 Å². The van der Waals surface area contributed by atoms with Crippen LogP contribution in [0.5, 0.6) is 0 Å². The van der Waals surface area contributed by atoms with Crippen LogP contribution in [-0.4, -0.2) is 18.2 Å². The van der Waals surface area contributed by atoms with E-state index in [9.17, 15) is 13.6 Å². The van der Waals surface area contributed by atoms with Crippen molar-refractivity contribution in [2.24, 2.45) is 5.92 Å². The normalized spacial score (nSPS) is 12.5. The van der Waals surface area contributed by atoms with Gasteiger partial charge in [0.05, 0.1) is 12.5 Å². The van der Waals surface area contributed by atoms with Crippen molar-refractivity contribution < 1.29 is 23.4 Å². The number of aliphatic carboxylic acids is 1. The van der Waals surface area contributed by atoms with E-state index in [0.717, 1.165) is 6.07 Å². The van der Waals surface area contributed by atoms with E-state index in [1.165, 1.54) is 20.1 Å². The third kappa shape index (κ3) is 3.23. The lowest BCUT2D eigenvalue weighted by molar-refractivity contribution is -0.141. The third-order valence-electron chi connectivity index (χ3n) is 2.50. The molecule has 0 spiro atoms. The van der Waals surface area contributed by atoms with E-state index >= 15 is 0 Å². The molecule has 1 N–H and O–H groups in total. The molecule has 0 saturated heterocycles. The molecule has 0 heterocycles. The Balaban J connectivity index is 3.04. The highest BCUT2D eigenvalue weighted by Gasteiger charge is 2.19. The van der Waals surface area contributed by atoms with Gasteiger partial charge in [-0.3, -0.25) is 4.79 Å². The molecule has 0 radical (unpaired) electrons. The van der Waals surface area contributed by atoms with Crippen LogP contribution in [0.15, 0.2) is 12.1 Å². The third-order valence-corrected chi connectivity index (χ3v) is 2.50. The zero-order valence-corrected chi connectivity index (χ0v) is 9.67. The average Bonchev–Trinajstić information content (AvgIpc) is 2.28. The number of ether oxygens (including phenoxy) is 1. The van der Waals surface area contributed by atoms with Crippen LogP contribution in [0.4, 0.5) is 8.78 Å². The summed E-state index contributed by atoms with van der Waals surface area (Å²) in [5, 5.41) is 8.73. The molecule has 0 fully saturated rings. The predicted octanol–water partition coefficient (Wildman–Crippen LogP) is 2.37. The minimum absolute atomic E-state index is 0.0283. The van der Waals surface area contributed by atoms with E-state index in [-0.39, 0.29) is 24.2 Å². The molecule has 0 aliphatic rings. The van der Waals surface area contributed by atoms with Gasteiger partial charge in [0.25, 0.3) is 0 Å². The highest BCUT2D eigenvalue weighted by Crippen LogP contribution is 2.21. The molecule has 0 aliphatic heterocycles. The summed E-state index contributed by atoms with van der Waals surface area (Å²) in [4.78, 5) is 10.7. The molecule has 94 valence electrons. The topological polar surface area (TPSA) is 46.5 Å². The molecule has 1 atom stereocenters. The zero-order valence-electron chi connectivity index (χ0n) is 9.67. The maximum atomic E-state index is 13.8. The molecule has 0 amide bonds. The Bertz CT molecular complexity index is 418. The number of benzene rings is 1. The highest BCUT2D eigenvalue weighted by atomic mass is 19.1. The molecule has 3 nitrogen and oxygen atoms in total. The van der Waals surface area contributed by atoms with Gasteiger partial charge < -0.3 is 9.84 Å². The van der Waals surface area contributed by atoms with Crippen molar-refractivity contribution in [1.29, 1.82) is 0 Å². The SMILES string of the molecule is COCc1ccc(F)c(CC(C)C(=O)O)c1F. The van der Waals surface area contributed by atoms with Gasteiger partial charge in [0.15, 0.2) is 0 Å². The van der Waals surface area contributed by atoms with Crippen molar-refractivity contribution in [2.75, 3.05) is 7.11 Å². The van der Waals surface area contributed by atoms with Gasteiger partial charge in [0, 0.05) is 18.2 Å². The van der Waals surface area contributed by atoms with Crippen LogP contribution in [0.3, 0.4) is 0 Å². The Hall–Kier alpha value is -1.49. The fourth-order valence-corrected chi connectivity index (χ4v) is 1.49. The van der Waals surface area contributed by atoms with Gasteiger partial charge in [0.1, 0.15) is 11.6 Å². The number of rotatable bonds is 5. The van der Waals surface area contributed by atoms with E-state index in [0.29, 0.717) is 0 Å². The van der Waals surface area contributed by atoms with Crippen molar-refractivity contribution in [3.63, 3.8) is 0 Å².